The molecule has 2 N–H and O–H groups in total. The molecule has 0 aliphatic carbocycles. The molecule has 0 unspecified atom stereocenters. The maximum atomic E-state index is 12.4. The number of alkyl carbamates (subject to hydrolysis) is 1. The van der Waals surface area contributed by atoms with E-state index in [1.807, 2.05) is 30.3 Å². The van der Waals surface area contributed by atoms with Crippen molar-refractivity contribution in [2.75, 3.05) is 13.2 Å². The van der Waals surface area contributed by atoms with E-state index in [9.17, 15) is 14.4 Å². The lowest BCUT2D eigenvalue weighted by Crippen LogP contribution is -2.47. The number of unbranched alkanes of at least 4 members (excludes halogenated alkanes) is 2. The maximum absolute atomic E-state index is 12.4. The van der Waals surface area contributed by atoms with Gasteiger partial charge in [0, 0.05) is 13.0 Å². The number of rotatable bonds is 12. The van der Waals surface area contributed by atoms with Gasteiger partial charge in [-0.05, 0) is 25.3 Å². The highest BCUT2D eigenvalue weighted by molar-refractivity contribution is 5.86. The zero-order valence-corrected chi connectivity index (χ0v) is 16.2. The van der Waals surface area contributed by atoms with Crippen LogP contribution in [0.4, 0.5) is 4.79 Å². The van der Waals surface area contributed by atoms with Crippen molar-refractivity contribution in [1.82, 2.24) is 10.6 Å². The Morgan fingerprint density at radius 1 is 1.04 bits per heavy atom. The number of carbonyl (C=O) groups excluding carboxylic acids is 3. The van der Waals surface area contributed by atoms with Gasteiger partial charge in [0.15, 0.2) is 0 Å². The van der Waals surface area contributed by atoms with Crippen molar-refractivity contribution in [3.05, 3.63) is 35.9 Å². The fourth-order valence-corrected chi connectivity index (χ4v) is 2.38. The van der Waals surface area contributed by atoms with Crippen molar-refractivity contribution in [3.63, 3.8) is 0 Å². The van der Waals surface area contributed by atoms with Crippen molar-refractivity contribution in [2.24, 2.45) is 0 Å². The molecule has 1 atom stereocenters. The van der Waals surface area contributed by atoms with Gasteiger partial charge < -0.3 is 20.1 Å². The van der Waals surface area contributed by atoms with Gasteiger partial charge in [0.25, 0.3) is 0 Å². The summed E-state index contributed by atoms with van der Waals surface area (Å²) in [6.45, 7) is 4.71. The Labute approximate surface area is 160 Å². The van der Waals surface area contributed by atoms with Crippen LogP contribution in [-0.4, -0.2) is 37.2 Å². The zero-order valence-electron chi connectivity index (χ0n) is 16.2. The lowest BCUT2D eigenvalue weighted by molar-refractivity contribution is -0.143. The number of esters is 1. The van der Waals surface area contributed by atoms with Crippen molar-refractivity contribution in [2.45, 2.75) is 58.6 Å². The maximum Gasteiger partial charge on any atom is 0.408 e. The molecule has 0 saturated heterocycles. The summed E-state index contributed by atoms with van der Waals surface area (Å²) < 4.78 is 10.0. The molecule has 1 rings (SSSR count). The Morgan fingerprint density at radius 3 is 2.44 bits per heavy atom. The largest absolute Gasteiger partial charge is 0.466 e. The molecule has 1 aromatic carbocycles. The van der Waals surface area contributed by atoms with Crippen molar-refractivity contribution < 1.29 is 23.9 Å². The molecule has 7 heteroatoms. The molecule has 0 radical (unpaired) electrons. The standard InChI is InChI=1S/C20H30N2O5/c1-3-5-9-14-21-19(24)17(12-13-18(23)26-4-2)22-20(25)27-15-16-10-7-6-8-11-16/h6-8,10-11,17H,3-5,9,12-15H2,1-2H3,(H,21,24)(H,22,25)/t17-/m0/s1. The molecule has 2 amide bonds. The van der Waals surface area contributed by atoms with Crippen LogP contribution in [0.1, 0.15) is 51.5 Å². The van der Waals surface area contributed by atoms with Crippen LogP contribution in [0.25, 0.3) is 0 Å². The lowest BCUT2D eigenvalue weighted by Gasteiger charge is -2.18. The van der Waals surface area contributed by atoms with Crippen LogP contribution < -0.4 is 10.6 Å². The third kappa shape index (κ3) is 10.2. The van der Waals surface area contributed by atoms with Gasteiger partial charge >= 0.3 is 12.1 Å². The van der Waals surface area contributed by atoms with Crippen molar-refractivity contribution in [1.29, 1.82) is 0 Å². The first-order valence-corrected chi connectivity index (χ1v) is 9.47. The highest BCUT2D eigenvalue weighted by atomic mass is 16.5. The van der Waals surface area contributed by atoms with E-state index in [-0.39, 0.29) is 32.0 Å². The molecule has 0 saturated carbocycles. The Kier molecular flexibility index (Phi) is 11.3. The van der Waals surface area contributed by atoms with Gasteiger partial charge in [0.2, 0.25) is 5.91 Å². The number of ether oxygens (including phenoxy) is 2. The summed E-state index contributed by atoms with van der Waals surface area (Å²) in [5, 5.41) is 5.34. The number of hydrogen-bond acceptors (Lipinski definition) is 5. The van der Waals surface area contributed by atoms with Crippen molar-refractivity contribution in [3.8, 4) is 0 Å². The third-order valence-electron chi connectivity index (χ3n) is 3.84. The van der Waals surface area contributed by atoms with E-state index in [1.54, 1.807) is 6.92 Å². The molecule has 0 aliphatic heterocycles. The van der Waals surface area contributed by atoms with Gasteiger partial charge in [-0.1, -0.05) is 50.1 Å². The van der Waals surface area contributed by atoms with E-state index in [0.29, 0.717) is 6.54 Å². The number of amides is 2. The van der Waals surface area contributed by atoms with Gasteiger partial charge in [0.05, 0.1) is 6.61 Å². The minimum Gasteiger partial charge on any atom is -0.466 e. The second kappa shape index (κ2) is 13.6. The van der Waals surface area contributed by atoms with E-state index < -0.39 is 18.1 Å². The van der Waals surface area contributed by atoms with Gasteiger partial charge in [-0.25, -0.2) is 4.79 Å². The summed E-state index contributed by atoms with van der Waals surface area (Å²) in [4.78, 5) is 36.0. The average Bonchev–Trinajstić information content (AvgIpc) is 2.67. The van der Waals surface area contributed by atoms with Gasteiger partial charge in [-0.2, -0.15) is 0 Å². The molecule has 150 valence electrons. The molecule has 0 fully saturated rings. The minimum atomic E-state index is -0.848. The van der Waals surface area contributed by atoms with Gasteiger partial charge in [-0.3, -0.25) is 9.59 Å². The Morgan fingerprint density at radius 2 is 1.78 bits per heavy atom. The summed E-state index contributed by atoms with van der Waals surface area (Å²) in [5.41, 5.74) is 0.847. The molecule has 27 heavy (non-hydrogen) atoms. The van der Waals surface area contributed by atoms with E-state index >= 15 is 0 Å². The highest BCUT2D eigenvalue weighted by Crippen LogP contribution is 2.04. The van der Waals surface area contributed by atoms with Gasteiger partial charge in [-0.15, -0.1) is 0 Å². The lowest BCUT2D eigenvalue weighted by atomic mass is 10.1. The second-order valence-corrected chi connectivity index (χ2v) is 6.10. The summed E-state index contributed by atoms with van der Waals surface area (Å²) in [6, 6.07) is 8.40. The zero-order chi connectivity index (χ0) is 19.9. The van der Waals surface area contributed by atoms with Crippen LogP contribution in [0.3, 0.4) is 0 Å². The molecular formula is C20H30N2O5. The fraction of sp³-hybridized carbons (Fsp3) is 0.550. The molecule has 1 aromatic rings. The van der Waals surface area contributed by atoms with Crippen LogP contribution in [0.15, 0.2) is 30.3 Å². The first-order chi connectivity index (χ1) is 13.1. The van der Waals surface area contributed by atoms with Crippen LogP contribution in [-0.2, 0) is 25.7 Å². The summed E-state index contributed by atoms with van der Waals surface area (Å²) in [5.74, 6) is -0.729. The number of nitrogens with one attached hydrogen (secondary N) is 2. The molecule has 0 bridgehead atoms. The summed E-state index contributed by atoms with van der Waals surface area (Å²) in [7, 11) is 0. The van der Waals surface area contributed by atoms with Crippen LogP contribution in [0.5, 0.6) is 0 Å². The van der Waals surface area contributed by atoms with Crippen LogP contribution >= 0.6 is 0 Å². The van der Waals surface area contributed by atoms with E-state index in [4.69, 9.17) is 9.47 Å². The number of benzene rings is 1. The van der Waals surface area contributed by atoms with E-state index in [2.05, 4.69) is 17.6 Å². The minimum absolute atomic E-state index is 0.0415. The molecule has 0 aromatic heterocycles. The van der Waals surface area contributed by atoms with E-state index in [0.717, 1.165) is 24.8 Å². The fourth-order valence-electron chi connectivity index (χ4n) is 2.38. The van der Waals surface area contributed by atoms with E-state index in [1.165, 1.54) is 0 Å². The molecule has 7 nitrogen and oxygen atoms in total. The first-order valence-electron chi connectivity index (χ1n) is 9.47. The normalized spacial score (nSPS) is 11.3. The van der Waals surface area contributed by atoms with Crippen LogP contribution in [0, 0.1) is 0 Å². The summed E-state index contributed by atoms with van der Waals surface area (Å²) >= 11 is 0. The molecule has 0 heterocycles. The van der Waals surface area contributed by atoms with Crippen molar-refractivity contribution >= 4 is 18.0 Å². The second-order valence-electron chi connectivity index (χ2n) is 6.10. The SMILES string of the molecule is CCCCCNC(=O)[C@H](CCC(=O)OCC)NC(=O)OCc1ccccc1. The quantitative estimate of drug-likeness (QED) is 0.431. The number of hydrogen-bond donors (Lipinski definition) is 2. The smallest absolute Gasteiger partial charge is 0.408 e. The predicted molar refractivity (Wildman–Crippen MR) is 102 cm³/mol. The number of carbonyl (C=O) groups is 3. The monoisotopic (exact) mass is 378 g/mol. The van der Waals surface area contributed by atoms with Gasteiger partial charge in [0.1, 0.15) is 12.6 Å². The first kappa shape index (κ1) is 22.5. The highest BCUT2D eigenvalue weighted by Gasteiger charge is 2.22. The summed E-state index contributed by atoms with van der Waals surface area (Å²) in [6.07, 6.45) is 2.42. The molecular weight excluding hydrogens is 348 g/mol. The Bertz CT molecular complexity index is 577. The molecule has 0 spiro atoms. The topological polar surface area (TPSA) is 93.7 Å². The Hall–Kier alpha value is -2.57. The Balaban J connectivity index is 2.53. The predicted octanol–water partition coefficient (Wildman–Crippen LogP) is 2.93. The average molecular weight is 378 g/mol. The third-order valence-corrected chi connectivity index (χ3v) is 3.84. The molecule has 0 aliphatic rings. The van der Waals surface area contributed by atoms with Crippen LogP contribution in [0.2, 0.25) is 0 Å².